The van der Waals surface area contributed by atoms with Crippen molar-refractivity contribution in [3.05, 3.63) is 64.1 Å². The van der Waals surface area contributed by atoms with E-state index < -0.39 is 10.0 Å². The Morgan fingerprint density at radius 1 is 1.10 bits per heavy atom. The van der Waals surface area contributed by atoms with Gasteiger partial charge in [-0.25, -0.2) is 13.1 Å². The van der Waals surface area contributed by atoms with Gasteiger partial charge in [-0.1, -0.05) is 46.3 Å². The number of fused-ring (bicyclic) bond motifs is 1. The fourth-order valence-electron chi connectivity index (χ4n) is 2.77. The number of sulfonamides is 1. The zero-order chi connectivity index (χ0) is 14.9. The van der Waals surface area contributed by atoms with Gasteiger partial charge in [-0.15, -0.1) is 0 Å². The van der Waals surface area contributed by atoms with Gasteiger partial charge in [0.05, 0.1) is 4.90 Å². The first-order valence-electron chi connectivity index (χ1n) is 6.92. The monoisotopic (exact) mass is 365 g/mol. The molecule has 5 heteroatoms. The highest BCUT2D eigenvalue weighted by atomic mass is 79.9. The van der Waals surface area contributed by atoms with Crippen molar-refractivity contribution in [2.24, 2.45) is 0 Å². The van der Waals surface area contributed by atoms with Gasteiger partial charge >= 0.3 is 0 Å². The number of benzene rings is 2. The van der Waals surface area contributed by atoms with Crippen molar-refractivity contribution in [1.82, 2.24) is 4.72 Å². The molecule has 0 amide bonds. The highest BCUT2D eigenvalue weighted by Crippen LogP contribution is 2.31. The minimum atomic E-state index is -3.51. The highest BCUT2D eigenvalue weighted by Gasteiger charge is 2.25. The van der Waals surface area contributed by atoms with Crippen molar-refractivity contribution < 1.29 is 8.42 Å². The molecule has 2 aromatic carbocycles. The van der Waals surface area contributed by atoms with E-state index in [1.54, 1.807) is 18.2 Å². The van der Waals surface area contributed by atoms with Crippen molar-refractivity contribution in [3.63, 3.8) is 0 Å². The van der Waals surface area contributed by atoms with E-state index in [0.717, 1.165) is 29.3 Å². The Balaban J connectivity index is 1.90. The van der Waals surface area contributed by atoms with E-state index in [2.05, 4.69) is 26.7 Å². The first-order chi connectivity index (χ1) is 10.1. The van der Waals surface area contributed by atoms with Crippen LogP contribution < -0.4 is 4.72 Å². The number of nitrogens with one attached hydrogen (secondary N) is 1. The lowest BCUT2D eigenvalue weighted by molar-refractivity contribution is 0.507. The number of aryl methyl sites for hydroxylation is 1. The van der Waals surface area contributed by atoms with Gasteiger partial charge in [-0.2, -0.15) is 0 Å². The molecule has 110 valence electrons. The Kier molecular flexibility index (Phi) is 4.15. The van der Waals surface area contributed by atoms with E-state index in [4.69, 9.17) is 0 Å². The summed E-state index contributed by atoms with van der Waals surface area (Å²) in [6.45, 7) is 0. The standard InChI is InChI=1S/C16H16BrNO2S/c17-13-7-4-8-14(11-13)21(19,20)18-16-10-3-6-12-5-1-2-9-15(12)16/h1-2,4-5,7-9,11,16,18H,3,6,10H2. The fraction of sp³-hybridized carbons (Fsp3) is 0.250. The smallest absolute Gasteiger partial charge is 0.207 e. The summed E-state index contributed by atoms with van der Waals surface area (Å²) in [7, 11) is -3.51. The molecular weight excluding hydrogens is 350 g/mol. The van der Waals surface area contributed by atoms with E-state index in [-0.39, 0.29) is 6.04 Å². The number of rotatable bonds is 3. The molecule has 0 saturated carbocycles. The van der Waals surface area contributed by atoms with Crippen LogP contribution in [0.2, 0.25) is 0 Å². The molecule has 2 aromatic rings. The van der Waals surface area contributed by atoms with Crippen molar-refractivity contribution in [3.8, 4) is 0 Å². The van der Waals surface area contributed by atoms with E-state index >= 15 is 0 Å². The molecule has 21 heavy (non-hydrogen) atoms. The molecule has 0 fully saturated rings. The van der Waals surface area contributed by atoms with Crippen LogP contribution in [0.15, 0.2) is 57.9 Å². The van der Waals surface area contributed by atoms with Gasteiger partial charge in [0, 0.05) is 10.5 Å². The van der Waals surface area contributed by atoms with Crippen molar-refractivity contribution in [1.29, 1.82) is 0 Å². The zero-order valence-corrected chi connectivity index (χ0v) is 13.8. The second-order valence-corrected chi connectivity index (χ2v) is 7.85. The quantitative estimate of drug-likeness (QED) is 0.898. The van der Waals surface area contributed by atoms with Crippen LogP contribution in [0.25, 0.3) is 0 Å². The second kappa shape index (κ2) is 5.91. The van der Waals surface area contributed by atoms with Gasteiger partial charge in [0.1, 0.15) is 0 Å². The Morgan fingerprint density at radius 2 is 1.90 bits per heavy atom. The van der Waals surface area contributed by atoms with Crippen LogP contribution in [-0.2, 0) is 16.4 Å². The molecule has 1 atom stereocenters. The Bertz CT molecular complexity index is 758. The summed E-state index contributed by atoms with van der Waals surface area (Å²) in [6.07, 6.45) is 2.86. The predicted molar refractivity (Wildman–Crippen MR) is 86.6 cm³/mol. The van der Waals surface area contributed by atoms with E-state index in [9.17, 15) is 8.42 Å². The minimum absolute atomic E-state index is 0.140. The number of halogens is 1. The molecule has 1 aliphatic rings. The molecule has 1 N–H and O–H groups in total. The van der Waals surface area contributed by atoms with E-state index in [1.165, 1.54) is 5.56 Å². The third-order valence-corrected chi connectivity index (χ3v) is 5.74. The molecule has 0 heterocycles. The molecule has 1 unspecified atom stereocenters. The van der Waals surface area contributed by atoms with Crippen LogP contribution in [0.4, 0.5) is 0 Å². The van der Waals surface area contributed by atoms with Crippen LogP contribution in [0.1, 0.15) is 30.0 Å². The minimum Gasteiger partial charge on any atom is -0.207 e. The molecule has 0 saturated heterocycles. The second-order valence-electron chi connectivity index (χ2n) is 5.22. The molecular formula is C16H16BrNO2S. The lowest BCUT2D eigenvalue weighted by atomic mass is 9.88. The highest BCUT2D eigenvalue weighted by molar-refractivity contribution is 9.10. The largest absolute Gasteiger partial charge is 0.241 e. The van der Waals surface area contributed by atoms with Gasteiger partial charge in [0.2, 0.25) is 10.0 Å². The average Bonchev–Trinajstić information content (AvgIpc) is 2.47. The summed E-state index contributed by atoms with van der Waals surface area (Å²) in [5.74, 6) is 0. The third kappa shape index (κ3) is 3.20. The predicted octanol–water partition coefficient (Wildman–Crippen LogP) is 3.81. The molecule has 0 radical (unpaired) electrons. The fourth-order valence-corrected chi connectivity index (χ4v) is 4.61. The van der Waals surface area contributed by atoms with Crippen LogP contribution >= 0.6 is 15.9 Å². The van der Waals surface area contributed by atoms with Crippen LogP contribution in [0.5, 0.6) is 0 Å². The molecule has 3 nitrogen and oxygen atoms in total. The topological polar surface area (TPSA) is 46.2 Å². The Labute approximate surface area is 133 Å². The van der Waals surface area contributed by atoms with Gasteiger partial charge in [0.25, 0.3) is 0 Å². The Morgan fingerprint density at radius 3 is 2.71 bits per heavy atom. The lowest BCUT2D eigenvalue weighted by Gasteiger charge is -2.26. The van der Waals surface area contributed by atoms with Gasteiger partial charge in [0.15, 0.2) is 0 Å². The molecule has 0 spiro atoms. The number of hydrogen-bond donors (Lipinski definition) is 1. The molecule has 0 bridgehead atoms. The SMILES string of the molecule is O=S(=O)(NC1CCCc2ccccc21)c1cccc(Br)c1. The maximum absolute atomic E-state index is 12.5. The van der Waals surface area contributed by atoms with E-state index in [1.807, 2.05) is 24.3 Å². The first kappa shape index (κ1) is 14.8. The molecule has 3 rings (SSSR count). The summed E-state index contributed by atoms with van der Waals surface area (Å²) in [5.41, 5.74) is 2.34. The summed E-state index contributed by atoms with van der Waals surface area (Å²) >= 11 is 3.31. The van der Waals surface area contributed by atoms with Crippen molar-refractivity contribution >= 4 is 26.0 Å². The van der Waals surface area contributed by atoms with E-state index in [0.29, 0.717) is 4.90 Å². The van der Waals surface area contributed by atoms with Crippen molar-refractivity contribution in [2.45, 2.75) is 30.2 Å². The number of hydrogen-bond acceptors (Lipinski definition) is 2. The Hall–Kier alpha value is -1.17. The first-order valence-corrected chi connectivity index (χ1v) is 9.19. The normalized spacial score (nSPS) is 18.2. The molecule has 0 aromatic heterocycles. The van der Waals surface area contributed by atoms with Crippen LogP contribution in [0.3, 0.4) is 0 Å². The summed E-state index contributed by atoms with van der Waals surface area (Å²) in [4.78, 5) is 0.292. The lowest BCUT2D eigenvalue weighted by Crippen LogP contribution is -2.31. The van der Waals surface area contributed by atoms with Crippen LogP contribution in [-0.4, -0.2) is 8.42 Å². The molecule has 0 aliphatic heterocycles. The van der Waals surface area contributed by atoms with Crippen LogP contribution in [0, 0.1) is 0 Å². The van der Waals surface area contributed by atoms with Gasteiger partial charge in [-0.05, 0) is 48.6 Å². The van der Waals surface area contributed by atoms with Gasteiger partial charge in [-0.3, -0.25) is 0 Å². The maximum atomic E-state index is 12.5. The summed E-state index contributed by atoms with van der Waals surface area (Å²) < 4.78 is 28.7. The van der Waals surface area contributed by atoms with Gasteiger partial charge < -0.3 is 0 Å². The molecule has 1 aliphatic carbocycles. The third-order valence-electron chi connectivity index (χ3n) is 3.77. The summed E-state index contributed by atoms with van der Waals surface area (Å²) in [5, 5.41) is 0. The summed E-state index contributed by atoms with van der Waals surface area (Å²) in [6, 6.07) is 14.7. The average molecular weight is 366 g/mol. The van der Waals surface area contributed by atoms with Crippen molar-refractivity contribution in [2.75, 3.05) is 0 Å². The maximum Gasteiger partial charge on any atom is 0.241 e. The zero-order valence-electron chi connectivity index (χ0n) is 11.4.